The lowest BCUT2D eigenvalue weighted by molar-refractivity contribution is 0.0850. The number of rotatable bonds is 5. The van der Waals surface area contributed by atoms with E-state index >= 15 is 0 Å². The normalized spacial score (nSPS) is 23.2. The third kappa shape index (κ3) is 2.73. The predicted octanol–water partition coefficient (Wildman–Crippen LogP) is 0.119. The molecule has 0 aliphatic heterocycles. The molecule has 0 spiro atoms. The van der Waals surface area contributed by atoms with Gasteiger partial charge in [0.2, 0.25) is 0 Å². The van der Waals surface area contributed by atoms with E-state index in [9.17, 15) is 0 Å². The summed E-state index contributed by atoms with van der Waals surface area (Å²) in [6, 6.07) is 0. The van der Waals surface area contributed by atoms with Crippen molar-refractivity contribution in [2.24, 2.45) is 5.41 Å². The summed E-state index contributed by atoms with van der Waals surface area (Å²) in [6.07, 6.45) is 3.30. The molecule has 72 valence electrons. The molecule has 0 aromatic carbocycles. The van der Waals surface area contributed by atoms with Gasteiger partial charge in [-0.1, -0.05) is 13.3 Å². The van der Waals surface area contributed by atoms with E-state index < -0.39 is 6.10 Å². The molecule has 0 bridgehead atoms. The van der Waals surface area contributed by atoms with Crippen LogP contribution in [-0.2, 0) is 0 Å². The van der Waals surface area contributed by atoms with Crippen LogP contribution >= 0.6 is 0 Å². The van der Waals surface area contributed by atoms with Crippen LogP contribution in [0, 0.1) is 5.41 Å². The number of nitrogens with one attached hydrogen (secondary N) is 1. The monoisotopic (exact) mass is 173 g/mol. The van der Waals surface area contributed by atoms with Crippen molar-refractivity contribution in [2.75, 3.05) is 19.7 Å². The average Bonchev–Trinajstić information content (AvgIpc) is 2.01. The summed E-state index contributed by atoms with van der Waals surface area (Å²) in [5.74, 6) is 0. The summed E-state index contributed by atoms with van der Waals surface area (Å²) in [6.45, 7) is 3.58. The topological polar surface area (TPSA) is 52.5 Å². The lowest BCUT2D eigenvalue weighted by Gasteiger charge is -2.38. The molecule has 0 saturated heterocycles. The lowest BCUT2D eigenvalue weighted by atomic mass is 9.70. The molecular weight excluding hydrogens is 154 g/mol. The second-order valence-electron chi connectivity index (χ2n) is 4.13. The number of hydrogen-bond acceptors (Lipinski definition) is 3. The highest BCUT2D eigenvalue weighted by Gasteiger charge is 2.30. The van der Waals surface area contributed by atoms with Crippen molar-refractivity contribution in [1.82, 2.24) is 5.32 Å². The van der Waals surface area contributed by atoms with E-state index in [-0.39, 0.29) is 6.61 Å². The number of hydrogen-bond donors (Lipinski definition) is 3. The summed E-state index contributed by atoms with van der Waals surface area (Å²) in [4.78, 5) is 0. The van der Waals surface area contributed by atoms with Gasteiger partial charge in [0.1, 0.15) is 0 Å². The first-order valence-corrected chi connectivity index (χ1v) is 4.66. The van der Waals surface area contributed by atoms with E-state index in [0.717, 1.165) is 6.54 Å². The van der Waals surface area contributed by atoms with Gasteiger partial charge in [-0.3, -0.25) is 0 Å². The molecule has 0 amide bonds. The molecule has 0 heterocycles. The van der Waals surface area contributed by atoms with E-state index in [0.29, 0.717) is 12.0 Å². The van der Waals surface area contributed by atoms with Gasteiger partial charge >= 0.3 is 0 Å². The molecule has 0 aromatic heterocycles. The Kier molecular flexibility index (Phi) is 3.50. The van der Waals surface area contributed by atoms with Crippen LogP contribution in [0.25, 0.3) is 0 Å². The van der Waals surface area contributed by atoms with Gasteiger partial charge in [-0.2, -0.15) is 0 Å². The van der Waals surface area contributed by atoms with Gasteiger partial charge in [-0.05, 0) is 18.3 Å². The minimum atomic E-state index is -0.603. The average molecular weight is 173 g/mol. The first-order valence-electron chi connectivity index (χ1n) is 4.66. The Morgan fingerprint density at radius 1 is 1.50 bits per heavy atom. The van der Waals surface area contributed by atoms with Crippen LogP contribution in [0.3, 0.4) is 0 Å². The van der Waals surface area contributed by atoms with Crippen LogP contribution in [0.2, 0.25) is 0 Å². The Morgan fingerprint density at radius 2 is 2.17 bits per heavy atom. The third-order valence-electron chi connectivity index (χ3n) is 2.70. The van der Waals surface area contributed by atoms with Gasteiger partial charge in [0.25, 0.3) is 0 Å². The highest BCUT2D eigenvalue weighted by molar-refractivity contribution is 4.85. The second-order valence-corrected chi connectivity index (χ2v) is 4.13. The van der Waals surface area contributed by atoms with Gasteiger partial charge < -0.3 is 15.5 Å². The second kappa shape index (κ2) is 4.21. The van der Waals surface area contributed by atoms with Gasteiger partial charge in [-0.25, -0.2) is 0 Å². The molecule has 1 unspecified atom stereocenters. The van der Waals surface area contributed by atoms with Crippen LogP contribution < -0.4 is 5.32 Å². The molecule has 3 heteroatoms. The van der Waals surface area contributed by atoms with Crippen molar-refractivity contribution in [3.8, 4) is 0 Å². The largest absolute Gasteiger partial charge is 0.394 e. The van der Waals surface area contributed by atoms with Gasteiger partial charge in [-0.15, -0.1) is 0 Å². The lowest BCUT2D eigenvalue weighted by Crippen LogP contribution is -2.40. The van der Waals surface area contributed by atoms with Crippen molar-refractivity contribution in [3.05, 3.63) is 0 Å². The van der Waals surface area contributed by atoms with Gasteiger partial charge in [0, 0.05) is 13.1 Å². The fourth-order valence-corrected chi connectivity index (χ4v) is 1.56. The molecule has 1 aliphatic carbocycles. The summed E-state index contributed by atoms with van der Waals surface area (Å²) in [7, 11) is 0. The Morgan fingerprint density at radius 3 is 2.58 bits per heavy atom. The van der Waals surface area contributed by atoms with E-state index in [1.165, 1.54) is 19.3 Å². The van der Waals surface area contributed by atoms with E-state index in [1.54, 1.807) is 0 Å². The fraction of sp³-hybridized carbons (Fsp3) is 1.00. The first-order chi connectivity index (χ1) is 5.66. The van der Waals surface area contributed by atoms with Crippen molar-refractivity contribution in [2.45, 2.75) is 32.3 Å². The van der Waals surface area contributed by atoms with Crippen LogP contribution in [0.5, 0.6) is 0 Å². The quantitative estimate of drug-likeness (QED) is 0.553. The number of aliphatic hydroxyl groups is 2. The molecule has 1 fully saturated rings. The van der Waals surface area contributed by atoms with Crippen molar-refractivity contribution in [1.29, 1.82) is 0 Å². The van der Waals surface area contributed by atoms with Crippen LogP contribution in [0.15, 0.2) is 0 Å². The highest BCUT2D eigenvalue weighted by atomic mass is 16.3. The minimum absolute atomic E-state index is 0.149. The van der Waals surface area contributed by atoms with Crippen molar-refractivity contribution in [3.63, 3.8) is 0 Å². The molecule has 1 saturated carbocycles. The van der Waals surface area contributed by atoms with E-state index in [4.69, 9.17) is 10.2 Å². The smallest absolute Gasteiger partial charge is 0.0894 e. The Labute approximate surface area is 73.8 Å². The summed E-state index contributed by atoms with van der Waals surface area (Å²) in [5, 5.41) is 20.7. The van der Waals surface area contributed by atoms with Crippen LogP contribution in [0.4, 0.5) is 0 Å². The molecule has 0 radical (unpaired) electrons. The summed E-state index contributed by atoms with van der Waals surface area (Å²) < 4.78 is 0. The first kappa shape index (κ1) is 9.96. The fourth-order valence-electron chi connectivity index (χ4n) is 1.56. The minimum Gasteiger partial charge on any atom is -0.394 e. The zero-order chi connectivity index (χ0) is 9.03. The van der Waals surface area contributed by atoms with Crippen LogP contribution in [-0.4, -0.2) is 36.0 Å². The van der Waals surface area contributed by atoms with Crippen LogP contribution in [0.1, 0.15) is 26.2 Å². The Hall–Kier alpha value is -0.120. The molecule has 3 nitrogen and oxygen atoms in total. The summed E-state index contributed by atoms with van der Waals surface area (Å²) in [5.41, 5.74) is 0.454. The van der Waals surface area contributed by atoms with E-state index in [2.05, 4.69) is 12.2 Å². The van der Waals surface area contributed by atoms with Crippen molar-refractivity contribution < 1.29 is 10.2 Å². The van der Waals surface area contributed by atoms with Crippen molar-refractivity contribution >= 4 is 0 Å². The maximum Gasteiger partial charge on any atom is 0.0894 e. The maximum atomic E-state index is 9.03. The molecule has 3 N–H and O–H groups in total. The Bertz CT molecular complexity index is 134. The highest BCUT2D eigenvalue weighted by Crippen LogP contribution is 2.39. The molecular formula is C9H19NO2. The van der Waals surface area contributed by atoms with Gasteiger partial charge in [0.05, 0.1) is 12.7 Å². The summed E-state index contributed by atoms with van der Waals surface area (Å²) >= 11 is 0. The number of aliphatic hydroxyl groups excluding tert-OH is 2. The zero-order valence-electron chi connectivity index (χ0n) is 7.71. The molecule has 1 aliphatic rings. The van der Waals surface area contributed by atoms with Gasteiger partial charge in [0.15, 0.2) is 0 Å². The third-order valence-corrected chi connectivity index (χ3v) is 2.70. The predicted molar refractivity (Wildman–Crippen MR) is 47.9 cm³/mol. The zero-order valence-corrected chi connectivity index (χ0v) is 7.71. The standard InChI is InChI=1S/C9H19NO2/c1-9(3-2-4-9)7-10-5-8(12)6-11/h8,10-12H,2-7H2,1H3. The molecule has 1 atom stereocenters. The molecule has 1 rings (SSSR count). The molecule has 12 heavy (non-hydrogen) atoms. The SMILES string of the molecule is CC1(CNCC(O)CO)CCC1. The molecule has 0 aromatic rings. The van der Waals surface area contributed by atoms with E-state index in [1.807, 2.05) is 0 Å². The Balaban J connectivity index is 2.01. The maximum absolute atomic E-state index is 9.03.